The number of fused-ring (bicyclic) bond motifs is 1. The van der Waals surface area contributed by atoms with E-state index < -0.39 is 11.5 Å². The van der Waals surface area contributed by atoms with E-state index in [4.69, 9.17) is 23.2 Å². The van der Waals surface area contributed by atoms with Gasteiger partial charge in [-0.15, -0.1) is 0 Å². The summed E-state index contributed by atoms with van der Waals surface area (Å²) >= 11 is 12.1. The van der Waals surface area contributed by atoms with Gasteiger partial charge in [0.25, 0.3) is 5.56 Å². The number of aryl methyl sites for hydroxylation is 1. The number of hydrogen-bond donors (Lipinski definition) is 1. The first-order chi connectivity index (χ1) is 14.3. The SMILES string of the molecule is Cc1cc(NC(=O)Cn2cnc3c(Cl)cc(Cl)cc3c2=O)n(-c2ccc(F)cc2)n1. The fraction of sp³-hybridized carbons (Fsp3) is 0.100. The number of halogens is 3. The molecule has 2 aromatic heterocycles. The molecule has 30 heavy (non-hydrogen) atoms. The van der Waals surface area contributed by atoms with Crippen LogP contribution in [0.4, 0.5) is 10.2 Å². The lowest BCUT2D eigenvalue weighted by atomic mass is 10.2. The van der Waals surface area contributed by atoms with Crippen molar-refractivity contribution in [2.24, 2.45) is 0 Å². The number of amides is 1. The predicted octanol–water partition coefficient (Wildman–Crippen LogP) is 3.98. The maximum Gasteiger partial charge on any atom is 0.261 e. The van der Waals surface area contributed by atoms with Crippen LogP contribution in [0.2, 0.25) is 10.0 Å². The average molecular weight is 446 g/mol. The minimum Gasteiger partial charge on any atom is -0.309 e. The highest BCUT2D eigenvalue weighted by atomic mass is 35.5. The van der Waals surface area contributed by atoms with Crippen molar-refractivity contribution in [3.8, 4) is 5.69 Å². The highest BCUT2D eigenvalue weighted by molar-refractivity contribution is 6.38. The lowest BCUT2D eigenvalue weighted by Gasteiger charge is -2.10. The fourth-order valence-electron chi connectivity index (χ4n) is 3.01. The van der Waals surface area contributed by atoms with Gasteiger partial charge in [0.1, 0.15) is 18.2 Å². The molecule has 4 rings (SSSR count). The first-order valence-electron chi connectivity index (χ1n) is 8.78. The first kappa shape index (κ1) is 20.1. The molecule has 0 aliphatic heterocycles. The molecule has 0 atom stereocenters. The summed E-state index contributed by atoms with van der Waals surface area (Å²) in [4.78, 5) is 29.5. The Balaban J connectivity index is 1.61. The third-order valence-corrected chi connectivity index (χ3v) is 4.84. The quantitative estimate of drug-likeness (QED) is 0.515. The zero-order chi connectivity index (χ0) is 21.4. The van der Waals surface area contributed by atoms with Crippen LogP contribution in [-0.4, -0.2) is 25.2 Å². The second-order valence-electron chi connectivity index (χ2n) is 6.57. The number of rotatable bonds is 4. The predicted molar refractivity (Wildman–Crippen MR) is 113 cm³/mol. The van der Waals surface area contributed by atoms with Gasteiger partial charge >= 0.3 is 0 Å². The Labute approximate surface area is 179 Å². The minimum atomic E-state index is -0.463. The number of benzene rings is 2. The van der Waals surface area contributed by atoms with Crippen LogP contribution >= 0.6 is 23.2 Å². The molecule has 0 spiro atoms. The third-order valence-electron chi connectivity index (χ3n) is 4.33. The van der Waals surface area contributed by atoms with Gasteiger partial charge in [-0.2, -0.15) is 5.10 Å². The van der Waals surface area contributed by atoms with Crippen molar-refractivity contribution in [3.63, 3.8) is 0 Å². The van der Waals surface area contributed by atoms with Crippen molar-refractivity contribution < 1.29 is 9.18 Å². The average Bonchev–Trinajstić information content (AvgIpc) is 3.05. The van der Waals surface area contributed by atoms with Crippen molar-refractivity contribution in [3.05, 3.63) is 80.7 Å². The molecule has 0 aliphatic rings. The van der Waals surface area contributed by atoms with Gasteiger partial charge in [-0.25, -0.2) is 14.1 Å². The Morgan fingerprint density at radius 2 is 1.90 bits per heavy atom. The number of nitrogens with one attached hydrogen (secondary N) is 1. The third kappa shape index (κ3) is 3.92. The molecule has 0 radical (unpaired) electrons. The summed E-state index contributed by atoms with van der Waals surface area (Å²) < 4.78 is 15.8. The molecule has 1 N–H and O–H groups in total. The Kier molecular flexibility index (Phi) is 5.27. The van der Waals surface area contributed by atoms with Crippen molar-refractivity contribution in [1.82, 2.24) is 19.3 Å². The zero-order valence-corrected chi connectivity index (χ0v) is 17.1. The molecule has 2 aromatic carbocycles. The summed E-state index contributed by atoms with van der Waals surface area (Å²) in [5.74, 6) is -0.455. The first-order valence-corrected chi connectivity index (χ1v) is 9.54. The molecule has 10 heteroatoms. The van der Waals surface area contributed by atoms with Crippen molar-refractivity contribution in [2.45, 2.75) is 13.5 Å². The Hall–Kier alpha value is -3.23. The molecule has 0 aliphatic carbocycles. The van der Waals surface area contributed by atoms with Gasteiger partial charge in [0.15, 0.2) is 0 Å². The van der Waals surface area contributed by atoms with Crippen LogP contribution in [-0.2, 0) is 11.3 Å². The van der Waals surface area contributed by atoms with E-state index in [1.54, 1.807) is 25.1 Å². The summed E-state index contributed by atoms with van der Waals surface area (Å²) in [5, 5.41) is 7.81. The Bertz CT molecular complexity index is 1330. The van der Waals surface area contributed by atoms with Gasteiger partial charge in [-0.3, -0.25) is 14.2 Å². The summed E-state index contributed by atoms with van der Waals surface area (Å²) in [6.45, 7) is 1.49. The lowest BCUT2D eigenvalue weighted by molar-refractivity contribution is -0.116. The van der Waals surface area contributed by atoms with E-state index in [1.807, 2.05) is 0 Å². The summed E-state index contributed by atoms with van der Waals surface area (Å²) in [7, 11) is 0. The monoisotopic (exact) mass is 445 g/mol. The van der Waals surface area contributed by atoms with Crippen LogP contribution in [0.5, 0.6) is 0 Å². The maximum absolute atomic E-state index is 13.2. The number of carbonyl (C=O) groups is 1. The second kappa shape index (κ2) is 7.89. The van der Waals surface area contributed by atoms with Gasteiger partial charge < -0.3 is 5.32 Å². The molecule has 2 heterocycles. The molecule has 4 aromatic rings. The highest BCUT2D eigenvalue weighted by Gasteiger charge is 2.14. The van der Waals surface area contributed by atoms with Gasteiger partial charge in [-0.05, 0) is 43.3 Å². The summed E-state index contributed by atoms with van der Waals surface area (Å²) in [5.41, 5.74) is 1.10. The molecule has 1 amide bonds. The molecular formula is C20H14Cl2FN5O2. The molecule has 7 nitrogen and oxygen atoms in total. The van der Waals surface area contributed by atoms with Gasteiger partial charge in [-0.1, -0.05) is 23.2 Å². The highest BCUT2D eigenvalue weighted by Crippen LogP contribution is 2.24. The maximum atomic E-state index is 13.2. The molecule has 0 unspecified atom stereocenters. The molecule has 0 fully saturated rings. The molecule has 0 saturated heterocycles. The topological polar surface area (TPSA) is 81.8 Å². The van der Waals surface area contributed by atoms with Crippen LogP contribution in [0.1, 0.15) is 5.69 Å². The van der Waals surface area contributed by atoms with Gasteiger partial charge in [0.05, 0.1) is 33.6 Å². The number of hydrogen-bond acceptors (Lipinski definition) is 4. The normalized spacial score (nSPS) is 11.1. The van der Waals surface area contributed by atoms with Crippen LogP contribution in [0.3, 0.4) is 0 Å². The van der Waals surface area contributed by atoms with Crippen molar-refractivity contribution in [2.75, 3.05) is 5.32 Å². The van der Waals surface area contributed by atoms with Crippen LogP contribution in [0.15, 0.2) is 53.6 Å². The van der Waals surface area contributed by atoms with Crippen molar-refractivity contribution >= 4 is 45.8 Å². The minimum absolute atomic E-state index is 0.218. The molecule has 152 valence electrons. The number of aromatic nitrogens is 4. The van der Waals surface area contributed by atoms with Gasteiger partial charge in [0.2, 0.25) is 5.91 Å². The van der Waals surface area contributed by atoms with Crippen LogP contribution in [0.25, 0.3) is 16.6 Å². The molecular weight excluding hydrogens is 432 g/mol. The molecule has 0 saturated carbocycles. The standard InChI is InChI=1S/C20H14Cl2FN5O2/c1-11-6-17(28(26-11)14-4-2-13(23)3-5-14)25-18(29)9-27-10-24-19-15(20(27)30)7-12(21)8-16(19)22/h2-8,10H,9H2,1H3,(H,25,29). The number of nitrogens with zero attached hydrogens (tertiary/aromatic N) is 4. The zero-order valence-electron chi connectivity index (χ0n) is 15.6. The summed E-state index contributed by atoms with van der Waals surface area (Å²) in [6, 6.07) is 10.3. The van der Waals surface area contributed by atoms with E-state index >= 15 is 0 Å². The van der Waals surface area contributed by atoms with Crippen molar-refractivity contribution in [1.29, 1.82) is 0 Å². The van der Waals surface area contributed by atoms with Crippen LogP contribution in [0, 0.1) is 12.7 Å². The van der Waals surface area contributed by atoms with E-state index in [9.17, 15) is 14.0 Å². The Morgan fingerprint density at radius 1 is 1.17 bits per heavy atom. The smallest absolute Gasteiger partial charge is 0.261 e. The second-order valence-corrected chi connectivity index (χ2v) is 7.41. The van der Waals surface area contributed by atoms with E-state index in [1.165, 1.54) is 35.3 Å². The van der Waals surface area contributed by atoms with E-state index in [2.05, 4.69) is 15.4 Å². The fourth-order valence-corrected chi connectivity index (χ4v) is 3.55. The van der Waals surface area contributed by atoms with E-state index in [0.717, 1.165) is 4.57 Å². The summed E-state index contributed by atoms with van der Waals surface area (Å²) in [6.07, 6.45) is 1.26. The van der Waals surface area contributed by atoms with Crippen LogP contribution < -0.4 is 10.9 Å². The largest absolute Gasteiger partial charge is 0.309 e. The number of carbonyl (C=O) groups excluding carboxylic acids is 1. The van der Waals surface area contributed by atoms with E-state index in [-0.39, 0.29) is 22.8 Å². The Morgan fingerprint density at radius 3 is 2.63 bits per heavy atom. The lowest BCUT2D eigenvalue weighted by Crippen LogP contribution is -2.28. The van der Waals surface area contributed by atoms with Gasteiger partial charge in [0, 0.05) is 11.1 Å². The van der Waals surface area contributed by atoms with E-state index in [0.29, 0.717) is 27.7 Å². The number of anilines is 1. The molecule has 0 bridgehead atoms.